The van der Waals surface area contributed by atoms with Crippen LogP contribution in [0.2, 0.25) is 0 Å². The fourth-order valence-electron chi connectivity index (χ4n) is 3.39. The summed E-state index contributed by atoms with van der Waals surface area (Å²) in [6, 6.07) is 19.2. The third-order valence-corrected chi connectivity index (χ3v) is 6.58. The van der Waals surface area contributed by atoms with Crippen LogP contribution >= 0.6 is 0 Å². The van der Waals surface area contributed by atoms with Crippen molar-refractivity contribution in [3.63, 3.8) is 0 Å². The van der Waals surface area contributed by atoms with Crippen LogP contribution in [-0.4, -0.2) is 47.4 Å². The van der Waals surface area contributed by atoms with Crippen molar-refractivity contribution in [1.29, 1.82) is 0 Å². The molecule has 2 atom stereocenters. The molecule has 4 aromatic rings. The molecule has 3 aromatic carbocycles. The van der Waals surface area contributed by atoms with E-state index in [9.17, 15) is 9.00 Å². The van der Waals surface area contributed by atoms with E-state index in [2.05, 4.69) is 25.7 Å². The summed E-state index contributed by atoms with van der Waals surface area (Å²) < 4.78 is 27.0. The lowest BCUT2D eigenvalue weighted by atomic mass is 10.2. The summed E-state index contributed by atoms with van der Waals surface area (Å²) in [7, 11) is 3.14. The molecule has 11 heteroatoms. The number of amides is 1. The molecule has 0 spiro atoms. The lowest BCUT2D eigenvalue weighted by molar-refractivity contribution is -0.117. The molecule has 0 radical (unpaired) electrons. The zero-order chi connectivity index (χ0) is 26.4. The van der Waals surface area contributed by atoms with Gasteiger partial charge in [0.05, 0.1) is 36.2 Å². The van der Waals surface area contributed by atoms with Gasteiger partial charge in [-0.15, -0.1) is 0 Å². The second-order valence-electron chi connectivity index (χ2n) is 8.03. The molecule has 2 unspecified atom stereocenters. The third-order valence-electron chi connectivity index (χ3n) is 5.52. The van der Waals surface area contributed by atoms with Crippen LogP contribution in [0.15, 0.2) is 71.6 Å². The molecule has 10 nitrogen and oxygen atoms in total. The van der Waals surface area contributed by atoms with Gasteiger partial charge in [0.15, 0.2) is 22.6 Å². The van der Waals surface area contributed by atoms with E-state index >= 15 is 0 Å². The van der Waals surface area contributed by atoms with Crippen molar-refractivity contribution in [3.05, 3.63) is 66.7 Å². The van der Waals surface area contributed by atoms with E-state index in [1.165, 1.54) is 0 Å². The predicted molar refractivity (Wildman–Crippen MR) is 146 cm³/mol. The first kappa shape index (κ1) is 25.9. The molecule has 0 fully saturated rings. The number of carbonyl (C=O) groups is 1. The van der Waals surface area contributed by atoms with Gasteiger partial charge < -0.3 is 25.4 Å². The van der Waals surface area contributed by atoms with Crippen molar-refractivity contribution in [1.82, 2.24) is 15.3 Å². The minimum absolute atomic E-state index is 0.195. The largest absolute Gasteiger partial charge is 0.497 e. The van der Waals surface area contributed by atoms with Crippen LogP contribution in [0.4, 0.5) is 23.0 Å². The standard InChI is InChI=1S/C26H28N6O4S/c1-16(27-2)26(33)29-17-8-7-9-21(14-17)37(34)32-25-24(30-22-10-5-6-11-23(22)31-25)28-18-12-19(35-3)15-20(13-18)36-4/h5-16,27H,1-4H3,(H,28,30)(H,29,33)(H,31,32). The average Bonchev–Trinajstić information content (AvgIpc) is 2.92. The van der Waals surface area contributed by atoms with Crippen molar-refractivity contribution in [3.8, 4) is 11.5 Å². The highest BCUT2D eigenvalue weighted by molar-refractivity contribution is 7.86. The van der Waals surface area contributed by atoms with E-state index in [0.717, 1.165) is 0 Å². The van der Waals surface area contributed by atoms with E-state index < -0.39 is 11.0 Å². The first-order valence-electron chi connectivity index (χ1n) is 11.4. The molecule has 0 aliphatic heterocycles. The number of fused-ring (bicyclic) bond motifs is 1. The third kappa shape index (κ3) is 6.32. The van der Waals surface area contributed by atoms with Gasteiger partial charge in [-0.25, -0.2) is 14.2 Å². The molecule has 37 heavy (non-hydrogen) atoms. The molecule has 0 bridgehead atoms. The Hall–Kier alpha value is -4.22. The Kier molecular flexibility index (Phi) is 8.16. The Morgan fingerprint density at radius 2 is 1.51 bits per heavy atom. The number of benzene rings is 3. The summed E-state index contributed by atoms with van der Waals surface area (Å²) in [5, 5.41) is 8.93. The van der Waals surface area contributed by atoms with Crippen molar-refractivity contribution in [2.45, 2.75) is 17.9 Å². The monoisotopic (exact) mass is 520 g/mol. The predicted octanol–water partition coefficient (Wildman–Crippen LogP) is 4.07. The van der Waals surface area contributed by atoms with Crippen LogP contribution in [0, 0.1) is 0 Å². The molecule has 0 aliphatic rings. The van der Waals surface area contributed by atoms with Gasteiger partial charge >= 0.3 is 0 Å². The molecule has 192 valence electrons. The molecule has 4 rings (SSSR count). The SMILES string of the molecule is CNC(C)C(=O)Nc1cccc(S(=O)Nc2nc3ccccc3nc2Nc2cc(OC)cc(OC)c2)c1. The van der Waals surface area contributed by atoms with Crippen LogP contribution in [0.3, 0.4) is 0 Å². The molecule has 4 N–H and O–H groups in total. The molecule has 1 heterocycles. The maximum atomic E-state index is 13.3. The lowest BCUT2D eigenvalue weighted by Gasteiger charge is -2.15. The van der Waals surface area contributed by atoms with Crippen LogP contribution in [0.5, 0.6) is 11.5 Å². The highest BCUT2D eigenvalue weighted by Gasteiger charge is 2.16. The molecule has 1 amide bonds. The lowest BCUT2D eigenvalue weighted by Crippen LogP contribution is -2.35. The van der Waals surface area contributed by atoms with Crippen molar-refractivity contribution < 1.29 is 18.5 Å². The zero-order valence-electron chi connectivity index (χ0n) is 20.9. The second kappa shape index (κ2) is 11.7. The minimum Gasteiger partial charge on any atom is -0.497 e. The molecule has 0 saturated heterocycles. The van der Waals surface area contributed by atoms with Crippen LogP contribution in [0.25, 0.3) is 11.0 Å². The number of hydrogen-bond acceptors (Lipinski definition) is 8. The van der Waals surface area contributed by atoms with Gasteiger partial charge in [0.25, 0.3) is 0 Å². The maximum absolute atomic E-state index is 13.3. The Balaban J connectivity index is 1.65. The van der Waals surface area contributed by atoms with Crippen molar-refractivity contribution in [2.24, 2.45) is 0 Å². The van der Waals surface area contributed by atoms with Crippen molar-refractivity contribution >= 4 is 50.9 Å². The Morgan fingerprint density at radius 3 is 2.14 bits per heavy atom. The summed E-state index contributed by atoms with van der Waals surface area (Å²) in [6.45, 7) is 1.75. The number of likely N-dealkylation sites (N-methyl/N-ethyl adjacent to an activating group) is 1. The van der Waals surface area contributed by atoms with Crippen LogP contribution in [-0.2, 0) is 15.8 Å². The molecular weight excluding hydrogens is 492 g/mol. The number of anilines is 4. The zero-order valence-corrected chi connectivity index (χ0v) is 21.7. The summed E-state index contributed by atoms with van der Waals surface area (Å²) in [5.74, 6) is 1.66. The maximum Gasteiger partial charge on any atom is 0.241 e. The first-order chi connectivity index (χ1) is 17.9. The number of methoxy groups -OCH3 is 2. The second-order valence-corrected chi connectivity index (χ2v) is 9.25. The summed E-state index contributed by atoms with van der Waals surface area (Å²) >= 11 is 0. The van der Waals surface area contributed by atoms with Crippen LogP contribution < -0.4 is 30.1 Å². The fraction of sp³-hybridized carbons (Fsp3) is 0.192. The summed E-state index contributed by atoms with van der Waals surface area (Å²) in [4.78, 5) is 22.1. The summed E-state index contributed by atoms with van der Waals surface area (Å²) in [5.41, 5.74) is 2.49. The Labute approximate surface area is 217 Å². The number of nitrogens with one attached hydrogen (secondary N) is 4. The molecule has 0 saturated carbocycles. The van der Waals surface area contributed by atoms with E-state index in [1.807, 2.05) is 24.3 Å². The van der Waals surface area contributed by atoms with Gasteiger partial charge in [-0.2, -0.15) is 0 Å². The topological polar surface area (TPSA) is 127 Å². The molecular formula is C26H28N6O4S. The van der Waals surface area contributed by atoms with Gasteiger partial charge in [0.2, 0.25) is 5.91 Å². The number of ether oxygens (including phenoxy) is 2. The summed E-state index contributed by atoms with van der Waals surface area (Å²) in [6.07, 6.45) is 0. The fourth-order valence-corrected chi connectivity index (χ4v) is 4.26. The van der Waals surface area contributed by atoms with E-state index in [4.69, 9.17) is 14.5 Å². The first-order valence-corrected chi connectivity index (χ1v) is 12.6. The number of hydrogen-bond donors (Lipinski definition) is 4. The van der Waals surface area contributed by atoms with Gasteiger partial charge in [-0.3, -0.25) is 9.52 Å². The van der Waals surface area contributed by atoms with Crippen LogP contribution in [0.1, 0.15) is 6.92 Å². The number of aromatic nitrogens is 2. The molecule has 0 aliphatic carbocycles. The minimum atomic E-state index is -1.70. The number of para-hydroxylation sites is 2. The van der Waals surface area contributed by atoms with E-state index in [1.54, 1.807) is 70.7 Å². The van der Waals surface area contributed by atoms with Gasteiger partial charge in [0.1, 0.15) is 11.5 Å². The van der Waals surface area contributed by atoms with Gasteiger partial charge in [0, 0.05) is 29.6 Å². The number of rotatable bonds is 10. The van der Waals surface area contributed by atoms with Crippen molar-refractivity contribution in [2.75, 3.05) is 36.6 Å². The normalized spacial score (nSPS) is 12.4. The highest BCUT2D eigenvalue weighted by atomic mass is 32.2. The number of carbonyl (C=O) groups excluding carboxylic acids is 1. The smallest absolute Gasteiger partial charge is 0.241 e. The van der Waals surface area contributed by atoms with Gasteiger partial charge in [-0.1, -0.05) is 18.2 Å². The Morgan fingerprint density at radius 1 is 0.865 bits per heavy atom. The molecule has 1 aromatic heterocycles. The Bertz CT molecular complexity index is 1430. The van der Waals surface area contributed by atoms with E-state index in [0.29, 0.717) is 44.6 Å². The average molecular weight is 521 g/mol. The number of nitrogens with zero attached hydrogens (tertiary/aromatic N) is 2. The van der Waals surface area contributed by atoms with E-state index in [-0.39, 0.29) is 17.8 Å². The quantitative estimate of drug-likeness (QED) is 0.247. The highest BCUT2D eigenvalue weighted by Crippen LogP contribution is 2.31. The van der Waals surface area contributed by atoms with Gasteiger partial charge in [-0.05, 0) is 44.3 Å².